The second-order valence-corrected chi connectivity index (χ2v) is 8.63. The van der Waals surface area contributed by atoms with Crippen LogP contribution in [-0.2, 0) is 10.0 Å². The van der Waals surface area contributed by atoms with Crippen molar-refractivity contribution < 1.29 is 8.42 Å². The van der Waals surface area contributed by atoms with Crippen molar-refractivity contribution in [2.24, 2.45) is 11.7 Å². The standard InChI is InChI=1S/C11H17ClN2O2S2/c1-7-5-10(17-11(7)12)18(15,16)14-4-3-9(13)8(2)6-14/h5,8-9H,3-4,6,13H2,1-2H3. The number of nitrogens with two attached hydrogens (primary N) is 1. The quantitative estimate of drug-likeness (QED) is 0.909. The van der Waals surface area contributed by atoms with Crippen molar-refractivity contribution in [3.63, 3.8) is 0 Å². The lowest BCUT2D eigenvalue weighted by Crippen LogP contribution is -2.47. The van der Waals surface area contributed by atoms with Crippen molar-refractivity contribution in [1.29, 1.82) is 0 Å². The van der Waals surface area contributed by atoms with Crippen LogP contribution in [0.5, 0.6) is 0 Å². The molecular formula is C11H17ClN2O2S2. The zero-order valence-electron chi connectivity index (χ0n) is 10.4. The lowest BCUT2D eigenvalue weighted by atomic mass is 9.96. The van der Waals surface area contributed by atoms with E-state index in [1.807, 2.05) is 13.8 Å². The van der Waals surface area contributed by atoms with E-state index in [1.165, 1.54) is 4.31 Å². The Morgan fingerprint density at radius 2 is 2.22 bits per heavy atom. The number of aryl methyl sites for hydroxylation is 1. The number of halogens is 1. The van der Waals surface area contributed by atoms with Crippen LogP contribution >= 0.6 is 22.9 Å². The van der Waals surface area contributed by atoms with Gasteiger partial charge in [-0.25, -0.2) is 8.42 Å². The molecule has 2 rings (SSSR count). The van der Waals surface area contributed by atoms with Gasteiger partial charge in [-0.2, -0.15) is 4.31 Å². The first-order valence-electron chi connectivity index (χ1n) is 5.84. The number of sulfonamides is 1. The molecule has 4 nitrogen and oxygen atoms in total. The molecule has 1 fully saturated rings. The third-order valence-corrected chi connectivity index (χ3v) is 7.23. The fourth-order valence-corrected chi connectivity index (χ4v) is 5.45. The summed E-state index contributed by atoms with van der Waals surface area (Å²) < 4.78 is 27.3. The average Bonchev–Trinajstić information content (AvgIpc) is 2.64. The van der Waals surface area contributed by atoms with Crippen LogP contribution in [0.25, 0.3) is 0 Å². The number of hydrogen-bond donors (Lipinski definition) is 1. The Bertz CT molecular complexity index is 522. The van der Waals surface area contributed by atoms with Crippen molar-refractivity contribution in [3.05, 3.63) is 16.0 Å². The largest absolute Gasteiger partial charge is 0.327 e. The second kappa shape index (κ2) is 5.09. The maximum absolute atomic E-state index is 12.4. The number of nitrogens with zero attached hydrogens (tertiary/aromatic N) is 1. The minimum Gasteiger partial charge on any atom is -0.327 e. The van der Waals surface area contributed by atoms with Crippen LogP contribution in [-0.4, -0.2) is 31.9 Å². The molecule has 0 bridgehead atoms. The average molecular weight is 309 g/mol. The lowest BCUT2D eigenvalue weighted by molar-refractivity contribution is 0.250. The van der Waals surface area contributed by atoms with Crippen LogP contribution in [0.4, 0.5) is 0 Å². The van der Waals surface area contributed by atoms with E-state index < -0.39 is 10.0 Å². The SMILES string of the molecule is Cc1cc(S(=O)(=O)N2CCC(N)C(C)C2)sc1Cl. The Kier molecular flexibility index (Phi) is 4.04. The molecule has 18 heavy (non-hydrogen) atoms. The van der Waals surface area contributed by atoms with Crippen molar-refractivity contribution in [1.82, 2.24) is 4.31 Å². The maximum atomic E-state index is 12.4. The Morgan fingerprint density at radius 3 is 2.72 bits per heavy atom. The molecule has 0 radical (unpaired) electrons. The van der Waals surface area contributed by atoms with Gasteiger partial charge in [-0.3, -0.25) is 0 Å². The minimum atomic E-state index is -3.41. The number of thiophene rings is 1. The van der Waals surface area contributed by atoms with Gasteiger partial charge in [0.1, 0.15) is 4.21 Å². The van der Waals surface area contributed by atoms with Crippen LogP contribution in [0.1, 0.15) is 18.9 Å². The third-order valence-electron chi connectivity index (χ3n) is 3.36. The number of piperidine rings is 1. The van der Waals surface area contributed by atoms with Gasteiger partial charge in [0.25, 0.3) is 10.0 Å². The third kappa shape index (κ3) is 2.58. The predicted molar refractivity (Wildman–Crippen MR) is 74.6 cm³/mol. The van der Waals surface area contributed by atoms with E-state index in [9.17, 15) is 8.42 Å². The van der Waals surface area contributed by atoms with Crippen molar-refractivity contribution >= 4 is 33.0 Å². The molecule has 1 aromatic rings. The van der Waals surface area contributed by atoms with Gasteiger partial charge in [0, 0.05) is 19.1 Å². The van der Waals surface area contributed by atoms with Gasteiger partial charge in [-0.15, -0.1) is 11.3 Å². The predicted octanol–water partition coefficient (Wildman–Crippen LogP) is 2.07. The van der Waals surface area contributed by atoms with Crippen LogP contribution in [0.3, 0.4) is 0 Å². The molecule has 7 heteroatoms. The number of rotatable bonds is 2. The summed E-state index contributed by atoms with van der Waals surface area (Å²) in [6.07, 6.45) is 0.707. The molecule has 2 unspecified atom stereocenters. The van der Waals surface area contributed by atoms with Crippen molar-refractivity contribution in [3.8, 4) is 0 Å². The van der Waals surface area contributed by atoms with E-state index >= 15 is 0 Å². The summed E-state index contributed by atoms with van der Waals surface area (Å²) in [5.74, 6) is 0.185. The molecule has 0 aromatic carbocycles. The van der Waals surface area contributed by atoms with Crippen LogP contribution in [0, 0.1) is 12.8 Å². The van der Waals surface area contributed by atoms with E-state index in [1.54, 1.807) is 6.07 Å². The molecule has 2 N–H and O–H groups in total. The highest BCUT2D eigenvalue weighted by Gasteiger charge is 2.33. The summed E-state index contributed by atoms with van der Waals surface area (Å²) in [4.78, 5) is 0. The van der Waals surface area contributed by atoms with Gasteiger partial charge < -0.3 is 5.73 Å². The molecule has 1 aliphatic heterocycles. The topological polar surface area (TPSA) is 63.4 Å². The molecule has 1 saturated heterocycles. The number of hydrogen-bond acceptors (Lipinski definition) is 4. The Labute approximate surface area is 117 Å². The van der Waals surface area contributed by atoms with Crippen LogP contribution < -0.4 is 5.73 Å². The van der Waals surface area contributed by atoms with Gasteiger partial charge in [0.15, 0.2) is 0 Å². The molecule has 102 valence electrons. The summed E-state index contributed by atoms with van der Waals surface area (Å²) in [6.45, 7) is 4.77. The lowest BCUT2D eigenvalue weighted by Gasteiger charge is -2.33. The molecule has 2 atom stereocenters. The zero-order chi connectivity index (χ0) is 13.5. The highest BCUT2D eigenvalue weighted by atomic mass is 35.5. The molecule has 1 aromatic heterocycles. The monoisotopic (exact) mass is 308 g/mol. The van der Waals surface area contributed by atoms with Gasteiger partial charge in [-0.1, -0.05) is 18.5 Å². The van der Waals surface area contributed by atoms with Crippen LogP contribution in [0.15, 0.2) is 10.3 Å². The second-order valence-electron chi connectivity index (χ2n) is 4.82. The Balaban J connectivity index is 2.26. The molecule has 0 aliphatic carbocycles. The van der Waals surface area contributed by atoms with E-state index in [2.05, 4.69) is 0 Å². The van der Waals surface area contributed by atoms with Gasteiger partial charge >= 0.3 is 0 Å². The fourth-order valence-electron chi connectivity index (χ4n) is 2.03. The highest BCUT2D eigenvalue weighted by molar-refractivity contribution is 7.91. The maximum Gasteiger partial charge on any atom is 0.252 e. The molecule has 0 saturated carbocycles. The summed E-state index contributed by atoms with van der Waals surface area (Å²) in [7, 11) is -3.41. The van der Waals surface area contributed by atoms with E-state index in [0.717, 1.165) is 16.9 Å². The van der Waals surface area contributed by atoms with Crippen molar-refractivity contribution in [2.75, 3.05) is 13.1 Å². The van der Waals surface area contributed by atoms with E-state index in [-0.39, 0.29) is 12.0 Å². The Hall–Kier alpha value is -0.140. The smallest absolute Gasteiger partial charge is 0.252 e. The molecule has 1 aliphatic rings. The molecule has 2 heterocycles. The van der Waals surface area contributed by atoms with Crippen molar-refractivity contribution in [2.45, 2.75) is 30.5 Å². The zero-order valence-corrected chi connectivity index (χ0v) is 12.8. The van der Waals surface area contributed by atoms with Crippen LogP contribution in [0.2, 0.25) is 4.34 Å². The van der Waals surface area contributed by atoms with Gasteiger partial charge in [0.2, 0.25) is 0 Å². The molecular weight excluding hydrogens is 292 g/mol. The normalized spacial score (nSPS) is 26.4. The fraction of sp³-hybridized carbons (Fsp3) is 0.636. The highest BCUT2D eigenvalue weighted by Crippen LogP contribution is 2.33. The van der Waals surface area contributed by atoms with E-state index in [0.29, 0.717) is 28.1 Å². The van der Waals surface area contributed by atoms with Gasteiger partial charge in [-0.05, 0) is 30.9 Å². The summed E-state index contributed by atoms with van der Waals surface area (Å²) in [6, 6.07) is 1.73. The Morgan fingerprint density at radius 1 is 1.56 bits per heavy atom. The minimum absolute atomic E-state index is 0.0881. The van der Waals surface area contributed by atoms with Gasteiger partial charge in [0.05, 0.1) is 4.34 Å². The molecule has 0 amide bonds. The molecule has 0 spiro atoms. The first-order chi connectivity index (χ1) is 8.32. The first-order valence-corrected chi connectivity index (χ1v) is 8.47. The summed E-state index contributed by atoms with van der Waals surface area (Å²) in [5, 5.41) is 0. The van der Waals surface area contributed by atoms with E-state index in [4.69, 9.17) is 17.3 Å². The first kappa shape index (κ1) is 14.3. The summed E-state index contributed by atoms with van der Waals surface area (Å²) >= 11 is 7.06. The summed E-state index contributed by atoms with van der Waals surface area (Å²) in [5.41, 5.74) is 6.72.